The van der Waals surface area contributed by atoms with Crippen molar-refractivity contribution in [2.75, 3.05) is 11.9 Å². The number of hydrogen-bond donors (Lipinski definition) is 1. The Balaban J connectivity index is 2.00. The Morgan fingerprint density at radius 3 is 2.94 bits per heavy atom. The number of aromatic nitrogens is 2. The van der Waals surface area contributed by atoms with Crippen LogP contribution in [0.2, 0.25) is 0 Å². The highest BCUT2D eigenvalue weighted by atomic mass is 16.5. The van der Waals surface area contributed by atoms with Gasteiger partial charge >= 0.3 is 0 Å². The molecule has 0 saturated heterocycles. The van der Waals surface area contributed by atoms with Crippen molar-refractivity contribution in [3.8, 4) is 5.88 Å². The van der Waals surface area contributed by atoms with Gasteiger partial charge in [-0.15, -0.1) is 0 Å². The predicted octanol–water partition coefficient (Wildman–Crippen LogP) is 3.26. The molecular formula is C14H23N3O. The molecule has 1 saturated carbocycles. The third-order valence-corrected chi connectivity index (χ3v) is 3.63. The quantitative estimate of drug-likeness (QED) is 0.832. The van der Waals surface area contributed by atoms with E-state index in [1.807, 2.05) is 13.0 Å². The van der Waals surface area contributed by atoms with E-state index in [0.717, 1.165) is 5.82 Å². The zero-order valence-electron chi connectivity index (χ0n) is 11.4. The summed E-state index contributed by atoms with van der Waals surface area (Å²) in [7, 11) is 0. The molecule has 18 heavy (non-hydrogen) atoms. The Hall–Kier alpha value is -1.32. The van der Waals surface area contributed by atoms with Crippen molar-refractivity contribution >= 4 is 5.82 Å². The Morgan fingerprint density at radius 1 is 1.28 bits per heavy atom. The van der Waals surface area contributed by atoms with Gasteiger partial charge in [0.2, 0.25) is 5.88 Å². The van der Waals surface area contributed by atoms with E-state index in [1.165, 1.54) is 32.1 Å². The predicted molar refractivity (Wildman–Crippen MR) is 72.9 cm³/mol. The summed E-state index contributed by atoms with van der Waals surface area (Å²) in [6.45, 7) is 4.92. The third kappa shape index (κ3) is 3.59. The number of anilines is 1. The molecule has 1 aromatic rings. The fourth-order valence-electron chi connectivity index (χ4n) is 2.54. The summed E-state index contributed by atoms with van der Waals surface area (Å²) >= 11 is 0. The van der Waals surface area contributed by atoms with Gasteiger partial charge in [0.15, 0.2) is 0 Å². The van der Waals surface area contributed by atoms with Crippen molar-refractivity contribution < 1.29 is 4.74 Å². The minimum atomic E-state index is 0.525. The van der Waals surface area contributed by atoms with E-state index in [-0.39, 0.29) is 0 Å². The first kappa shape index (κ1) is 13.1. The van der Waals surface area contributed by atoms with Gasteiger partial charge in [-0.25, -0.2) is 9.97 Å². The maximum absolute atomic E-state index is 5.40. The molecule has 4 heteroatoms. The Bertz CT molecular complexity index is 370. The maximum Gasteiger partial charge on any atom is 0.218 e. The monoisotopic (exact) mass is 249 g/mol. The van der Waals surface area contributed by atoms with Crippen molar-refractivity contribution in [3.05, 3.63) is 12.4 Å². The average molecular weight is 249 g/mol. The highest BCUT2D eigenvalue weighted by molar-refractivity contribution is 5.38. The van der Waals surface area contributed by atoms with Crippen LogP contribution in [0.15, 0.2) is 12.4 Å². The Kier molecular flexibility index (Phi) is 4.79. The SMILES string of the molecule is CCOc1cc(NC2CCCCCC2C)ncn1. The lowest BCUT2D eigenvalue weighted by molar-refractivity contribution is 0.326. The van der Waals surface area contributed by atoms with E-state index in [2.05, 4.69) is 22.2 Å². The number of nitrogens with one attached hydrogen (secondary N) is 1. The summed E-state index contributed by atoms with van der Waals surface area (Å²) in [5.74, 6) is 2.24. The molecule has 0 aromatic carbocycles. The standard InChI is InChI=1S/C14H23N3O/c1-3-18-14-9-13(15-10-16-14)17-12-8-6-4-5-7-11(12)2/h9-12H,3-8H2,1-2H3,(H,15,16,17). The van der Waals surface area contributed by atoms with Crippen LogP contribution in [0.5, 0.6) is 5.88 Å². The lowest BCUT2D eigenvalue weighted by Gasteiger charge is -2.23. The molecule has 2 unspecified atom stereocenters. The lowest BCUT2D eigenvalue weighted by Crippen LogP contribution is -2.26. The first-order valence-electron chi connectivity index (χ1n) is 7.01. The van der Waals surface area contributed by atoms with E-state index < -0.39 is 0 Å². The van der Waals surface area contributed by atoms with Crippen LogP contribution in [0.3, 0.4) is 0 Å². The first-order chi connectivity index (χ1) is 8.79. The summed E-state index contributed by atoms with van der Waals surface area (Å²) in [6, 6.07) is 2.41. The van der Waals surface area contributed by atoms with Gasteiger partial charge in [0.1, 0.15) is 12.1 Å². The second-order valence-electron chi connectivity index (χ2n) is 5.04. The molecule has 4 nitrogen and oxygen atoms in total. The van der Waals surface area contributed by atoms with E-state index >= 15 is 0 Å². The largest absolute Gasteiger partial charge is 0.478 e. The van der Waals surface area contributed by atoms with Crippen molar-refractivity contribution in [3.63, 3.8) is 0 Å². The number of ether oxygens (including phenoxy) is 1. The molecule has 2 rings (SSSR count). The van der Waals surface area contributed by atoms with Gasteiger partial charge in [0.25, 0.3) is 0 Å². The normalized spacial score (nSPS) is 24.3. The number of hydrogen-bond acceptors (Lipinski definition) is 4. The minimum Gasteiger partial charge on any atom is -0.478 e. The molecule has 2 atom stereocenters. The summed E-state index contributed by atoms with van der Waals surface area (Å²) in [6.07, 6.45) is 8.13. The fourth-order valence-corrected chi connectivity index (χ4v) is 2.54. The van der Waals surface area contributed by atoms with Gasteiger partial charge in [0, 0.05) is 12.1 Å². The third-order valence-electron chi connectivity index (χ3n) is 3.63. The molecule has 1 N–H and O–H groups in total. The van der Waals surface area contributed by atoms with Crippen LogP contribution >= 0.6 is 0 Å². The molecule has 100 valence electrons. The molecule has 0 aliphatic heterocycles. The molecule has 0 amide bonds. The molecule has 0 spiro atoms. The Labute approximate surface area is 109 Å². The van der Waals surface area contributed by atoms with Crippen LogP contribution in [-0.4, -0.2) is 22.6 Å². The minimum absolute atomic E-state index is 0.525. The van der Waals surface area contributed by atoms with E-state index in [0.29, 0.717) is 24.4 Å². The van der Waals surface area contributed by atoms with E-state index in [1.54, 1.807) is 6.33 Å². The molecule has 1 aromatic heterocycles. The molecular weight excluding hydrogens is 226 g/mol. The summed E-state index contributed by atoms with van der Waals surface area (Å²) < 4.78 is 5.40. The van der Waals surface area contributed by atoms with Gasteiger partial charge in [-0.3, -0.25) is 0 Å². The second-order valence-corrected chi connectivity index (χ2v) is 5.04. The fraction of sp³-hybridized carbons (Fsp3) is 0.714. The molecule has 1 aliphatic carbocycles. The van der Waals surface area contributed by atoms with Crippen LogP contribution in [0.25, 0.3) is 0 Å². The van der Waals surface area contributed by atoms with Gasteiger partial charge in [-0.05, 0) is 25.7 Å². The Morgan fingerprint density at radius 2 is 2.11 bits per heavy atom. The zero-order chi connectivity index (χ0) is 12.8. The van der Waals surface area contributed by atoms with Crippen molar-refractivity contribution in [2.24, 2.45) is 5.92 Å². The smallest absolute Gasteiger partial charge is 0.218 e. The van der Waals surface area contributed by atoms with Crippen LogP contribution in [0.1, 0.15) is 46.0 Å². The van der Waals surface area contributed by atoms with Gasteiger partial charge in [-0.1, -0.05) is 26.2 Å². The average Bonchev–Trinajstić information content (AvgIpc) is 2.56. The van der Waals surface area contributed by atoms with Crippen molar-refractivity contribution in [1.29, 1.82) is 0 Å². The first-order valence-corrected chi connectivity index (χ1v) is 7.01. The topological polar surface area (TPSA) is 47.0 Å². The molecule has 0 bridgehead atoms. The van der Waals surface area contributed by atoms with E-state index in [4.69, 9.17) is 4.74 Å². The number of rotatable bonds is 4. The second kappa shape index (κ2) is 6.57. The van der Waals surface area contributed by atoms with Gasteiger partial charge in [0.05, 0.1) is 6.61 Å². The lowest BCUT2D eigenvalue weighted by atomic mass is 9.97. The van der Waals surface area contributed by atoms with Crippen LogP contribution in [0.4, 0.5) is 5.82 Å². The summed E-state index contributed by atoms with van der Waals surface area (Å²) in [5.41, 5.74) is 0. The van der Waals surface area contributed by atoms with Crippen LogP contribution < -0.4 is 10.1 Å². The van der Waals surface area contributed by atoms with Crippen molar-refractivity contribution in [2.45, 2.75) is 52.0 Å². The van der Waals surface area contributed by atoms with Crippen molar-refractivity contribution in [1.82, 2.24) is 9.97 Å². The van der Waals surface area contributed by atoms with Crippen LogP contribution in [-0.2, 0) is 0 Å². The highest BCUT2D eigenvalue weighted by Gasteiger charge is 2.20. The van der Waals surface area contributed by atoms with Gasteiger partial charge in [-0.2, -0.15) is 0 Å². The highest BCUT2D eigenvalue weighted by Crippen LogP contribution is 2.25. The van der Waals surface area contributed by atoms with Gasteiger partial charge < -0.3 is 10.1 Å². The summed E-state index contributed by atoms with van der Waals surface area (Å²) in [4.78, 5) is 8.37. The van der Waals surface area contributed by atoms with Crippen LogP contribution in [0, 0.1) is 5.92 Å². The summed E-state index contributed by atoms with van der Waals surface area (Å²) in [5, 5.41) is 3.54. The molecule has 1 fully saturated rings. The number of nitrogens with zero attached hydrogens (tertiary/aromatic N) is 2. The zero-order valence-corrected chi connectivity index (χ0v) is 11.4. The maximum atomic E-state index is 5.40. The molecule has 1 heterocycles. The molecule has 1 aliphatic rings. The van der Waals surface area contributed by atoms with E-state index in [9.17, 15) is 0 Å². The molecule has 0 radical (unpaired) electrons.